The molecular formula is C27H25ClFN3O4. The molecule has 4 rings (SSSR count). The first kappa shape index (κ1) is 25.5. The lowest BCUT2D eigenvalue weighted by atomic mass is 9.89. The third-order valence-corrected chi connectivity index (χ3v) is 6.69. The zero-order chi connectivity index (χ0) is 25.7. The highest BCUT2D eigenvalue weighted by molar-refractivity contribution is 6.30. The number of anilines is 1. The van der Waals surface area contributed by atoms with Crippen molar-refractivity contribution in [1.29, 1.82) is 0 Å². The van der Waals surface area contributed by atoms with Crippen LogP contribution >= 0.6 is 11.6 Å². The fourth-order valence-corrected chi connectivity index (χ4v) is 4.49. The van der Waals surface area contributed by atoms with Gasteiger partial charge in [0.2, 0.25) is 0 Å². The molecule has 186 valence electrons. The number of likely N-dealkylation sites (tertiary alicyclic amines) is 1. The summed E-state index contributed by atoms with van der Waals surface area (Å²) in [6.07, 6.45) is 1.38. The normalized spacial score (nSPS) is 14.4. The van der Waals surface area contributed by atoms with E-state index in [-0.39, 0.29) is 29.1 Å². The standard InChI is InChI=1S/C27H25ClFN3O4/c28-22-5-11-24(12-6-22)31(27(34)21-3-9-25(10-4-21)32(35)36)18-17-30-15-13-20(14-16-30)26(33)19-1-7-23(29)8-2-19/h1-12,20H,13-18H2. The first-order chi connectivity index (χ1) is 17.3. The molecule has 3 aromatic carbocycles. The maximum Gasteiger partial charge on any atom is 0.269 e. The van der Waals surface area contributed by atoms with Crippen molar-refractivity contribution in [2.75, 3.05) is 31.1 Å². The van der Waals surface area contributed by atoms with Gasteiger partial charge in [0.15, 0.2) is 5.78 Å². The molecule has 0 bridgehead atoms. The van der Waals surface area contributed by atoms with E-state index in [9.17, 15) is 24.1 Å². The molecule has 0 N–H and O–H groups in total. The van der Waals surface area contributed by atoms with E-state index in [0.29, 0.717) is 60.9 Å². The number of non-ortho nitro benzene ring substituents is 1. The van der Waals surface area contributed by atoms with Gasteiger partial charge in [0, 0.05) is 53.0 Å². The number of Topliss-reactive ketones (excluding diaryl/α,β-unsaturated/α-hetero) is 1. The van der Waals surface area contributed by atoms with Crippen LogP contribution in [0.25, 0.3) is 0 Å². The number of ketones is 1. The number of rotatable bonds is 8. The van der Waals surface area contributed by atoms with Gasteiger partial charge in [-0.15, -0.1) is 0 Å². The van der Waals surface area contributed by atoms with Gasteiger partial charge in [0.05, 0.1) is 4.92 Å². The number of benzene rings is 3. The highest BCUT2D eigenvalue weighted by Crippen LogP contribution is 2.24. The summed E-state index contributed by atoms with van der Waals surface area (Å²) in [6, 6.07) is 18.1. The van der Waals surface area contributed by atoms with E-state index >= 15 is 0 Å². The maximum absolute atomic E-state index is 13.3. The Balaban J connectivity index is 1.41. The van der Waals surface area contributed by atoms with E-state index in [1.165, 1.54) is 48.5 Å². The van der Waals surface area contributed by atoms with E-state index in [1.807, 2.05) is 0 Å². The van der Waals surface area contributed by atoms with Gasteiger partial charge in [-0.2, -0.15) is 0 Å². The van der Waals surface area contributed by atoms with Gasteiger partial charge in [-0.1, -0.05) is 11.6 Å². The van der Waals surface area contributed by atoms with Gasteiger partial charge in [-0.05, 0) is 86.6 Å². The second-order valence-electron chi connectivity index (χ2n) is 8.72. The van der Waals surface area contributed by atoms with E-state index in [0.717, 1.165) is 0 Å². The molecule has 3 aromatic rings. The molecule has 0 aliphatic carbocycles. The molecule has 1 heterocycles. The van der Waals surface area contributed by atoms with Gasteiger partial charge in [-0.3, -0.25) is 19.7 Å². The first-order valence-electron chi connectivity index (χ1n) is 11.7. The molecule has 36 heavy (non-hydrogen) atoms. The second-order valence-corrected chi connectivity index (χ2v) is 9.16. The average Bonchev–Trinajstić information content (AvgIpc) is 2.90. The van der Waals surface area contributed by atoms with Crippen molar-refractivity contribution in [3.05, 3.63) is 105 Å². The number of hydrogen-bond acceptors (Lipinski definition) is 5. The molecule has 0 spiro atoms. The van der Waals surface area contributed by atoms with E-state index in [4.69, 9.17) is 11.6 Å². The molecule has 0 aromatic heterocycles. The quantitative estimate of drug-likeness (QED) is 0.223. The topological polar surface area (TPSA) is 83.8 Å². The van der Waals surface area contributed by atoms with Crippen molar-refractivity contribution in [2.45, 2.75) is 12.8 Å². The molecular weight excluding hydrogens is 485 g/mol. The molecule has 1 fully saturated rings. The van der Waals surface area contributed by atoms with Crippen molar-refractivity contribution in [1.82, 2.24) is 4.90 Å². The van der Waals surface area contributed by atoms with Gasteiger partial charge in [0.25, 0.3) is 11.6 Å². The number of amides is 1. The molecule has 9 heteroatoms. The lowest BCUT2D eigenvalue weighted by molar-refractivity contribution is -0.384. The first-order valence-corrected chi connectivity index (χ1v) is 12.0. The Morgan fingerprint density at radius 1 is 0.944 bits per heavy atom. The van der Waals surface area contributed by atoms with Gasteiger partial charge < -0.3 is 9.80 Å². The summed E-state index contributed by atoms with van der Waals surface area (Å²) in [5, 5.41) is 11.5. The number of carbonyl (C=O) groups excluding carboxylic acids is 2. The summed E-state index contributed by atoms with van der Waals surface area (Å²) < 4.78 is 13.2. The zero-order valence-corrected chi connectivity index (χ0v) is 20.2. The second kappa shape index (κ2) is 11.4. The fraction of sp³-hybridized carbons (Fsp3) is 0.259. The lowest BCUT2D eigenvalue weighted by Crippen LogP contribution is -2.42. The number of hydrogen-bond donors (Lipinski definition) is 0. The Morgan fingerprint density at radius 2 is 1.53 bits per heavy atom. The Morgan fingerprint density at radius 3 is 2.11 bits per heavy atom. The summed E-state index contributed by atoms with van der Waals surface area (Å²) in [6.45, 7) is 2.41. The van der Waals surface area contributed by atoms with Crippen LogP contribution in [0.1, 0.15) is 33.6 Å². The molecule has 0 saturated carbocycles. The summed E-state index contributed by atoms with van der Waals surface area (Å²) in [5.74, 6) is -0.713. The number of piperidine rings is 1. The predicted molar refractivity (Wildman–Crippen MR) is 136 cm³/mol. The smallest absolute Gasteiger partial charge is 0.269 e. The number of nitro groups is 1. The van der Waals surface area contributed by atoms with Crippen LogP contribution in [0.5, 0.6) is 0 Å². The summed E-state index contributed by atoms with van der Waals surface area (Å²) in [5.41, 5.74) is 1.46. The van der Waals surface area contributed by atoms with Crippen molar-refractivity contribution in [2.24, 2.45) is 5.92 Å². The van der Waals surface area contributed by atoms with Crippen LogP contribution in [-0.2, 0) is 0 Å². The molecule has 1 aliphatic heterocycles. The monoisotopic (exact) mass is 509 g/mol. The molecule has 1 aliphatic rings. The Kier molecular flexibility index (Phi) is 8.07. The van der Waals surface area contributed by atoms with Crippen molar-refractivity contribution < 1.29 is 18.9 Å². The molecule has 7 nitrogen and oxygen atoms in total. The van der Waals surface area contributed by atoms with Crippen LogP contribution in [-0.4, -0.2) is 47.7 Å². The molecule has 1 amide bonds. The van der Waals surface area contributed by atoms with E-state index in [1.54, 1.807) is 29.2 Å². The van der Waals surface area contributed by atoms with Crippen LogP contribution in [0, 0.1) is 21.8 Å². The van der Waals surface area contributed by atoms with Crippen molar-refractivity contribution >= 4 is 34.7 Å². The summed E-state index contributed by atoms with van der Waals surface area (Å²) in [7, 11) is 0. The third-order valence-electron chi connectivity index (χ3n) is 6.44. The van der Waals surface area contributed by atoms with E-state index < -0.39 is 4.92 Å². The summed E-state index contributed by atoms with van der Waals surface area (Å²) >= 11 is 6.03. The van der Waals surface area contributed by atoms with Crippen LogP contribution in [0.3, 0.4) is 0 Å². The minimum atomic E-state index is -0.504. The predicted octanol–water partition coefficient (Wildman–Crippen LogP) is 5.63. The average molecular weight is 510 g/mol. The lowest BCUT2D eigenvalue weighted by Gasteiger charge is -2.33. The number of nitro benzene ring substituents is 1. The minimum absolute atomic E-state index is 0.0331. The molecule has 0 atom stereocenters. The molecule has 0 radical (unpaired) electrons. The third kappa shape index (κ3) is 6.13. The number of carbonyl (C=O) groups is 2. The number of nitrogens with zero attached hydrogens (tertiary/aromatic N) is 3. The van der Waals surface area contributed by atoms with Crippen LogP contribution < -0.4 is 4.90 Å². The SMILES string of the molecule is O=C(c1ccc(F)cc1)C1CCN(CCN(C(=O)c2ccc([N+](=O)[O-])cc2)c2ccc(Cl)cc2)CC1. The van der Waals surface area contributed by atoms with Crippen LogP contribution in [0.15, 0.2) is 72.8 Å². The minimum Gasteiger partial charge on any atom is -0.307 e. The Hall–Kier alpha value is -3.62. The van der Waals surface area contributed by atoms with Crippen LogP contribution in [0.4, 0.5) is 15.8 Å². The Labute approximate surface area is 213 Å². The summed E-state index contributed by atoms with van der Waals surface area (Å²) in [4.78, 5) is 40.4. The highest BCUT2D eigenvalue weighted by Gasteiger charge is 2.27. The van der Waals surface area contributed by atoms with Gasteiger partial charge in [0.1, 0.15) is 5.82 Å². The molecule has 0 unspecified atom stereocenters. The maximum atomic E-state index is 13.3. The van der Waals surface area contributed by atoms with Crippen molar-refractivity contribution in [3.63, 3.8) is 0 Å². The molecule has 1 saturated heterocycles. The van der Waals surface area contributed by atoms with Gasteiger partial charge in [-0.25, -0.2) is 4.39 Å². The highest BCUT2D eigenvalue weighted by atomic mass is 35.5. The largest absolute Gasteiger partial charge is 0.307 e. The van der Waals surface area contributed by atoms with Gasteiger partial charge >= 0.3 is 0 Å². The van der Waals surface area contributed by atoms with E-state index in [2.05, 4.69) is 4.90 Å². The fourth-order valence-electron chi connectivity index (χ4n) is 4.36. The number of halogens is 2. The van der Waals surface area contributed by atoms with Crippen LogP contribution in [0.2, 0.25) is 5.02 Å². The Bertz CT molecular complexity index is 1230. The van der Waals surface area contributed by atoms with Crippen molar-refractivity contribution in [3.8, 4) is 0 Å². The zero-order valence-electron chi connectivity index (χ0n) is 19.5.